The van der Waals surface area contributed by atoms with E-state index in [1.54, 1.807) is 0 Å². The summed E-state index contributed by atoms with van der Waals surface area (Å²) in [5.41, 5.74) is 0. The molecule has 1 aliphatic carbocycles. The third-order valence-electron chi connectivity index (χ3n) is 3.39. The van der Waals surface area contributed by atoms with Gasteiger partial charge in [0.2, 0.25) is 0 Å². The van der Waals surface area contributed by atoms with E-state index >= 15 is 0 Å². The monoisotopic (exact) mass is 242 g/mol. The highest BCUT2D eigenvalue weighted by molar-refractivity contribution is 5.74. The van der Waals surface area contributed by atoms with Gasteiger partial charge in [-0.25, -0.2) is 4.79 Å². The van der Waals surface area contributed by atoms with Crippen LogP contribution in [0, 0.1) is 17.8 Å². The van der Waals surface area contributed by atoms with Crippen molar-refractivity contribution in [2.24, 2.45) is 17.8 Å². The third kappa shape index (κ3) is 5.56. The van der Waals surface area contributed by atoms with Gasteiger partial charge in [0.25, 0.3) is 0 Å². The van der Waals surface area contributed by atoms with E-state index in [0.29, 0.717) is 12.5 Å². The Hall–Kier alpha value is -1.26. The number of rotatable bonds is 7. The van der Waals surface area contributed by atoms with Gasteiger partial charge in [-0.3, -0.25) is 4.79 Å². The summed E-state index contributed by atoms with van der Waals surface area (Å²) in [5.74, 6) is 0.552. The maximum absolute atomic E-state index is 11.4. The van der Waals surface area contributed by atoms with Gasteiger partial charge >= 0.3 is 12.0 Å². The van der Waals surface area contributed by atoms with Crippen LogP contribution >= 0.6 is 0 Å². The summed E-state index contributed by atoms with van der Waals surface area (Å²) < 4.78 is 0. The second-order valence-electron chi connectivity index (χ2n) is 4.94. The molecular formula is C12H22N2O3. The molecule has 0 aliphatic heterocycles. The van der Waals surface area contributed by atoms with Crippen LogP contribution in [0.2, 0.25) is 0 Å². The maximum atomic E-state index is 11.4. The summed E-state index contributed by atoms with van der Waals surface area (Å²) in [6.07, 6.45) is 2.06. The predicted molar refractivity (Wildman–Crippen MR) is 64.7 cm³/mol. The van der Waals surface area contributed by atoms with Gasteiger partial charge in [-0.05, 0) is 24.2 Å². The molecule has 17 heavy (non-hydrogen) atoms. The Morgan fingerprint density at radius 1 is 1.41 bits per heavy atom. The van der Waals surface area contributed by atoms with E-state index in [0.717, 1.165) is 18.9 Å². The first-order valence-electron chi connectivity index (χ1n) is 6.26. The fourth-order valence-electron chi connectivity index (χ4n) is 1.81. The maximum Gasteiger partial charge on any atom is 0.314 e. The average molecular weight is 242 g/mol. The molecule has 3 unspecified atom stereocenters. The Bertz CT molecular complexity index is 281. The van der Waals surface area contributed by atoms with Gasteiger partial charge in [0.05, 0.1) is 0 Å². The minimum Gasteiger partial charge on any atom is -0.481 e. The average Bonchev–Trinajstić information content (AvgIpc) is 2.97. The van der Waals surface area contributed by atoms with Crippen LogP contribution in [-0.2, 0) is 4.79 Å². The largest absolute Gasteiger partial charge is 0.481 e. The van der Waals surface area contributed by atoms with Crippen LogP contribution in [0.1, 0.15) is 33.1 Å². The molecule has 0 saturated heterocycles. The van der Waals surface area contributed by atoms with Crippen molar-refractivity contribution in [2.75, 3.05) is 13.1 Å². The van der Waals surface area contributed by atoms with E-state index in [-0.39, 0.29) is 18.4 Å². The molecule has 0 aromatic rings. The topological polar surface area (TPSA) is 78.4 Å². The van der Waals surface area contributed by atoms with Gasteiger partial charge in [-0.15, -0.1) is 0 Å². The lowest BCUT2D eigenvalue weighted by Gasteiger charge is -2.13. The van der Waals surface area contributed by atoms with Crippen molar-refractivity contribution in [3.8, 4) is 0 Å². The zero-order valence-corrected chi connectivity index (χ0v) is 10.5. The predicted octanol–water partition coefficient (Wildman–Crippen LogP) is 1.44. The molecule has 5 heteroatoms. The van der Waals surface area contributed by atoms with Gasteiger partial charge in [0, 0.05) is 19.5 Å². The Balaban J connectivity index is 2.10. The Morgan fingerprint density at radius 2 is 2.06 bits per heavy atom. The third-order valence-corrected chi connectivity index (χ3v) is 3.39. The molecule has 0 bridgehead atoms. The molecule has 0 aromatic carbocycles. The standard InChI is InChI=1S/C12H22N2O3/c1-3-9(5-11(15)16)6-13-12(17)14-7-10-4-8(10)2/h8-10H,3-7H2,1-2H3,(H,15,16)(H2,13,14,17). The number of hydrogen-bond acceptors (Lipinski definition) is 2. The summed E-state index contributed by atoms with van der Waals surface area (Å²) in [6, 6.07) is -0.187. The van der Waals surface area contributed by atoms with E-state index in [2.05, 4.69) is 17.6 Å². The lowest BCUT2D eigenvalue weighted by Crippen LogP contribution is -2.39. The molecule has 1 aliphatic rings. The number of aliphatic carboxylic acids is 1. The zero-order valence-electron chi connectivity index (χ0n) is 10.5. The van der Waals surface area contributed by atoms with Crippen molar-refractivity contribution < 1.29 is 14.7 Å². The molecule has 0 aromatic heterocycles. The first kappa shape index (κ1) is 13.8. The molecule has 3 N–H and O–H groups in total. The number of hydrogen-bond donors (Lipinski definition) is 3. The summed E-state index contributed by atoms with van der Waals surface area (Å²) in [7, 11) is 0. The fraction of sp³-hybridized carbons (Fsp3) is 0.833. The number of urea groups is 1. The molecular weight excluding hydrogens is 220 g/mol. The van der Waals surface area contributed by atoms with Crippen LogP contribution in [-0.4, -0.2) is 30.2 Å². The van der Waals surface area contributed by atoms with Gasteiger partial charge < -0.3 is 15.7 Å². The quantitative estimate of drug-likeness (QED) is 0.632. The zero-order chi connectivity index (χ0) is 12.8. The van der Waals surface area contributed by atoms with E-state index in [9.17, 15) is 9.59 Å². The van der Waals surface area contributed by atoms with Crippen molar-refractivity contribution in [2.45, 2.75) is 33.1 Å². The molecule has 1 saturated carbocycles. The Labute approximate surface area is 102 Å². The number of amides is 2. The molecule has 0 spiro atoms. The SMILES string of the molecule is CCC(CNC(=O)NCC1CC1C)CC(=O)O. The summed E-state index contributed by atoms with van der Waals surface area (Å²) in [5, 5.41) is 14.2. The van der Waals surface area contributed by atoms with Crippen LogP contribution < -0.4 is 10.6 Å². The minimum absolute atomic E-state index is 0.0121. The van der Waals surface area contributed by atoms with Crippen LogP contribution in [0.15, 0.2) is 0 Å². The van der Waals surface area contributed by atoms with Crippen LogP contribution in [0.3, 0.4) is 0 Å². The summed E-state index contributed by atoms with van der Waals surface area (Å²) >= 11 is 0. The number of carbonyl (C=O) groups is 2. The summed E-state index contributed by atoms with van der Waals surface area (Å²) in [4.78, 5) is 22.0. The van der Waals surface area contributed by atoms with Gasteiger partial charge in [-0.2, -0.15) is 0 Å². The van der Waals surface area contributed by atoms with E-state index in [1.165, 1.54) is 6.42 Å². The van der Waals surface area contributed by atoms with E-state index < -0.39 is 5.97 Å². The highest BCUT2D eigenvalue weighted by Crippen LogP contribution is 2.36. The lowest BCUT2D eigenvalue weighted by molar-refractivity contribution is -0.138. The van der Waals surface area contributed by atoms with Crippen molar-refractivity contribution in [1.29, 1.82) is 0 Å². The molecule has 1 rings (SSSR count). The van der Waals surface area contributed by atoms with E-state index in [1.807, 2.05) is 6.92 Å². The number of nitrogens with one attached hydrogen (secondary N) is 2. The molecule has 1 fully saturated rings. The smallest absolute Gasteiger partial charge is 0.314 e. The fourth-order valence-corrected chi connectivity index (χ4v) is 1.81. The Morgan fingerprint density at radius 3 is 2.53 bits per heavy atom. The molecule has 2 amide bonds. The van der Waals surface area contributed by atoms with Crippen LogP contribution in [0.5, 0.6) is 0 Å². The minimum atomic E-state index is -0.814. The molecule has 3 atom stereocenters. The lowest BCUT2D eigenvalue weighted by atomic mass is 10.0. The molecule has 5 nitrogen and oxygen atoms in total. The van der Waals surface area contributed by atoms with Crippen LogP contribution in [0.25, 0.3) is 0 Å². The number of carbonyl (C=O) groups excluding carboxylic acids is 1. The number of carboxylic acid groups (broad SMARTS) is 1. The first-order valence-corrected chi connectivity index (χ1v) is 6.26. The number of carboxylic acids is 1. The van der Waals surface area contributed by atoms with Gasteiger partial charge in [0.1, 0.15) is 0 Å². The van der Waals surface area contributed by atoms with E-state index in [4.69, 9.17) is 5.11 Å². The molecule has 0 heterocycles. The second-order valence-corrected chi connectivity index (χ2v) is 4.94. The first-order chi connectivity index (χ1) is 8.02. The highest BCUT2D eigenvalue weighted by atomic mass is 16.4. The normalized spacial score (nSPS) is 23.9. The van der Waals surface area contributed by atoms with Crippen molar-refractivity contribution in [3.05, 3.63) is 0 Å². The molecule has 98 valence electrons. The molecule has 0 radical (unpaired) electrons. The Kier molecular flexibility index (Phi) is 5.25. The highest BCUT2D eigenvalue weighted by Gasteiger charge is 2.32. The second kappa shape index (κ2) is 6.47. The van der Waals surface area contributed by atoms with Crippen molar-refractivity contribution in [1.82, 2.24) is 10.6 Å². The van der Waals surface area contributed by atoms with Crippen molar-refractivity contribution in [3.63, 3.8) is 0 Å². The van der Waals surface area contributed by atoms with Gasteiger partial charge in [-0.1, -0.05) is 20.3 Å². The van der Waals surface area contributed by atoms with Gasteiger partial charge in [0.15, 0.2) is 0 Å². The van der Waals surface area contributed by atoms with Crippen molar-refractivity contribution >= 4 is 12.0 Å². The summed E-state index contributed by atoms with van der Waals surface area (Å²) in [6.45, 7) is 5.25. The van der Waals surface area contributed by atoms with Crippen LogP contribution in [0.4, 0.5) is 4.79 Å².